The van der Waals surface area contributed by atoms with Gasteiger partial charge in [-0.1, -0.05) is 44.7 Å². The van der Waals surface area contributed by atoms with Crippen LogP contribution in [0.25, 0.3) is 0 Å². The van der Waals surface area contributed by atoms with Crippen molar-refractivity contribution in [1.82, 2.24) is 0 Å². The summed E-state index contributed by atoms with van der Waals surface area (Å²) in [7, 11) is 0. The third-order valence-electron chi connectivity index (χ3n) is 3.47. The molecule has 1 rings (SSSR count). The number of esters is 1. The highest BCUT2D eigenvalue weighted by atomic mass is 16.5. The minimum atomic E-state index is -0.248. The summed E-state index contributed by atoms with van der Waals surface area (Å²) >= 11 is 0. The van der Waals surface area contributed by atoms with Crippen LogP contribution in [0, 0.1) is 11.3 Å². The second kappa shape index (κ2) is 6.36. The van der Waals surface area contributed by atoms with Crippen molar-refractivity contribution in [2.75, 3.05) is 13.2 Å². The van der Waals surface area contributed by atoms with E-state index in [0.29, 0.717) is 18.5 Å². The maximum atomic E-state index is 11.8. The van der Waals surface area contributed by atoms with Crippen LogP contribution in [0.5, 0.6) is 0 Å². The van der Waals surface area contributed by atoms with Gasteiger partial charge in [-0.3, -0.25) is 9.59 Å². The summed E-state index contributed by atoms with van der Waals surface area (Å²) in [6.07, 6.45) is 4.10. The van der Waals surface area contributed by atoms with Gasteiger partial charge in [0.2, 0.25) is 0 Å². The van der Waals surface area contributed by atoms with E-state index in [9.17, 15) is 9.59 Å². The van der Waals surface area contributed by atoms with Crippen LogP contribution in [-0.4, -0.2) is 25.7 Å². The molecule has 1 aliphatic carbocycles. The Hall–Kier alpha value is -1.84. The molecule has 0 aromatic carbocycles. The van der Waals surface area contributed by atoms with Gasteiger partial charge >= 0.3 is 5.97 Å². The molecule has 1 fully saturated rings. The van der Waals surface area contributed by atoms with Crippen molar-refractivity contribution < 1.29 is 19.1 Å². The molecule has 0 aromatic rings. The molecule has 0 bridgehead atoms. The summed E-state index contributed by atoms with van der Waals surface area (Å²) in [5, 5.41) is 0. The van der Waals surface area contributed by atoms with Crippen LogP contribution in [-0.2, 0) is 19.1 Å². The lowest BCUT2D eigenvalue weighted by Crippen LogP contribution is -2.43. The van der Waals surface area contributed by atoms with Gasteiger partial charge in [-0.05, 0) is 17.4 Å². The van der Waals surface area contributed by atoms with E-state index in [2.05, 4.69) is 17.9 Å². The van der Waals surface area contributed by atoms with Gasteiger partial charge in [0.05, 0.1) is 5.92 Å². The molecule has 0 aromatic heterocycles. The fourth-order valence-corrected chi connectivity index (χ4v) is 2.12. The molecule has 1 aliphatic rings. The molecule has 1 saturated carbocycles. The summed E-state index contributed by atoms with van der Waals surface area (Å²) in [4.78, 5) is 21.9. The zero-order chi connectivity index (χ0) is 14.5. The number of carbonyl (C=O) groups excluding carboxylic acids is 2. The highest BCUT2D eigenvalue weighted by Crippen LogP contribution is 2.51. The molecule has 4 heteroatoms. The average Bonchev–Trinajstić information content (AvgIpc) is 2.37. The van der Waals surface area contributed by atoms with Crippen LogP contribution in [0.15, 0.2) is 36.5 Å². The SMILES string of the molecule is C=CCOC(=O)C1CC(=CC(=C)COC=O)C1(C)C. The highest BCUT2D eigenvalue weighted by Gasteiger charge is 2.48. The first-order valence-corrected chi connectivity index (χ1v) is 6.15. The van der Waals surface area contributed by atoms with Crippen LogP contribution in [0.3, 0.4) is 0 Å². The van der Waals surface area contributed by atoms with Gasteiger partial charge < -0.3 is 9.47 Å². The van der Waals surface area contributed by atoms with Crippen molar-refractivity contribution in [3.63, 3.8) is 0 Å². The lowest BCUT2D eigenvalue weighted by atomic mass is 9.58. The third kappa shape index (κ3) is 3.56. The fourth-order valence-electron chi connectivity index (χ4n) is 2.12. The monoisotopic (exact) mass is 264 g/mol. The Morgan fingerprint density at radius 3 is 2.74 bits per heavy atom. The molecule has 4 nitrogen and oxygen atoms in total. The Bertz CT molecular complexity index is 418. The minimum Gasteiger partial charge on any atom is -0.463 e. The van der Waals surface area contributed by atoms with Crippen molar-refractivity contribution in [3.05, 3.63) is 36.5 Å². The van der Waals surface area contributed by atoms with E-state index in [0.717, 1.165) is 5.57 Å². The molecule has 104 valence electrons. The molecule has 1 atom stereocenters. The molecule has 1 unspecified atom stereocenters. The largest absolute Gasteiger partial charge is 0.463 e. The van der Waals surface area contributed by atoms with E-state index in [1.807, 2.05) is 19.9 Å². The van der Waals surface area contributed by atoms with Gasteiger partial charge in [0, 0.05) is 0 Å². The second-order valence-corrected chi connectivity index (χ2v) is 5.13. The number of hydrogen-bond acceptors (Lipinski definition) is 4. The topological polar surface area (TPSA) is 52.6 Å². The van der Waals surface area contributed by atoms with Crippen molar-refractivity contribution in [3.8, 4) is 0 Å². The van der Waals surface area contributed by atoms with E-state index < -0.39 is 0 Å². The number of ether oxygens (including phenoxy) is 2. The average molecular weight is 264 g/mol. The smallest absolute Gasteiger partial charge is 0.310 e. The standard InChI is InChI=1S/C15H20O4/c1-5-6-19-14(17)13-8-12(15(13,3)4)7-11(2)9-18-10-16/h5,7,10,13H,1-2,6,8-9H2,3-4H3. The van der Waals surface area contributed by atoms with Gasteiger partial charge in [-0.2, -0.15) is 0 Å². The number of rotatable bonds is 7. The first kappa shape index (κ1) is 15.2. The molecular weight excluding hydrogens is 244 g/mol. The van der Waals surface area contributed by atoms with Crippen LogP contribution >= 0.6 is 0 Å². The van der Waals surface area contributed by atoms with Crippen LogP contribution in [0.2, 0.25) is 0 Å². The van der Waals surface area contributed by atoms with E-state index >= 15 is 0 Å². The molecule has 0 amide bonds. The van der Waals surface area contributed by atoms with Crippen molar-refractivity contribution >= 4 is 12.4 Å². The molecule has 0 saturated heterocycles. The molecular formula is C15H20O4. The van der Waals surface area contributed by atoms with E-state index in [-0.39, 0.29) is 30.5 Å². The zero-order valence-corrected chi connectivity index (χ0v) is 11.5. The molecule has 0 N–H and O–H groups in total. The molecule has 0 aliphatic heterocycles. The number of allylic oxidation sites excluding steroid dienone is 1. The van der Waals surface area contributed by atoms with Gasteiger partial charge in [-0.15, -0.1) is 0 Å². The predicted octanol–water partition coefficient (Wildman–Crippen LogP) is 2.42. The second-order valence-electron chi connectivity index (χ2n) is 5.13. The maximum absolute atomic E-state index is 11.8. The summed E-state index contributed by atoms with van der Waals surface area (Å²) < 4.78 is 9.70. The summed E-state index contributed by atoms with van der Waals surface area (Å²) in [6.45, 7) is 12.1. The van der Waals surface area contributed by atoms with Crippen molar-refractivity contribution in [2.45, 2.75) is 20.3 Å². The van der Waals surface area contributed by atoms with Gasteiger partial charge in [0.25, 0.3) is 6.47 Å². The normalized spacial score (nSPS) is 22.2. The first-order valence-electron chi connectivity index (χ1n) is 6.15. The Morgan fingerprint density at radius 2 is 2.21 bits per heavy atom. The maximum Gasteiger partial charge on any atom is 0.310 e. The van der Waals surface area contributed by atoms with E-state index in [1.165, 1.54) is 0 Å². The Morgan fingerprint density at radius 1 is 1.53 bits per heavy atom. The summed E-state index contributed by atoms with van der Waals surface area (Å²) in [6, 6.07) is 0. The Kier molecular flexibility index (Phi) is 5.10. The first-order chi connectivity index (χ1) is 8.93. The molecule has 0 spiro atoms. The zero-order valence-electron chi connectivity index (χ0n) is 11.5. The molecule has 19 heavy (non-hydrogen) atoms. The van der Waals surface area contributed by atoms with Crippen molar-refractivity contribution in [2.24, 2.45) is 11.3 Å². The molecule has 0 radical (unpaired) electrons. The quantitative estimate of drug-likeness (QED) is 0.402. The summed E-state index contributed by atoms with van der Waals surface area (Å²) in [5.74, 6) is -0.338. The fraction of sp³-hybridized carbons (Fsp3) is 0.467. The van der Waals surface area contributed by atoms with E-state index in [1.54, 1.807) is 6.08 Å². The lowest BCUT2D eigenvalue weighted by molar-refractivity contribution is -0.153. The van der Waals surface area contributed by atoms with Gasteiger partial charge in [0.1, 0.15) is 13.2 Å². The van der Waals surface area contributed by atoms with Crippen LogP contribution in [0.1, 0.15) is 20.3 Å². The lowest BCUT2D eigenvalue weighted by Gasteiger charge is -2.45. The predicted molar refractivity (Wildman–Crippen MR) is 72.3 cm³/mol. The van der Waals surface area contributed by atoms with Gasteiger partial charge in [-0.25, -0.2) is 0 Å². The van der Waals surface area contributed by atoms with Crippen molar-refractivity contribution in [1.29, 1.82) is 0 Å². The van der Waals surface area contributed by atoms with Crippen LogP contribution in [0.4, 0.5) is 0 Å². The van der Waals surface area contributed by atoms with E-state index in [4.69, 9.17) is 4.74 Å². The molecule has 0 heterocycles. The highest BCUT2D eigenvalue weighted by molar-refractivity contribution is 5.77. The third-order valence-corrected chi connectivity index (χ3v) is 3.47. The Labute approximate surface area is 113 Å². The summed E-state index contributed by atoms with van der Waals surface area (Å²) in [5.41, 5.74) is 1.59. The van der Waals surface area contributed by atoms with Gasteiger partial charge in [0.15, 0.2) is 0 Å². The minimum absolute atomic E-state index is 0.140. The number of hydrogen-bond donors (Lipinski definition) is 0. The Balaban J connectivity index is 2.61. The van der Waals surface area contributed by atoms with Crippen LogP contribution < -0.4 is 0 Å². The number of carbonyl (C=O) groups is 2.